The van der Waals surface area contributed by atoms with Crippen LogP contribution in [0.1, 0.15) is 21.5 Å². The summed E-state index contributed by atoms with van der Waals surface area (Å²) in [6.45, 7) is 1.89. The maximum absolute atomic E-state index is 12.3. The van der Waals surface area contributed by atoms with Crippen LogP contribution in [0.3, 0.4) is 0 Å². The Hall–Kier alpha value is -1.70. The Kier molecular flexibility index (Phi) is 5.22. The fourth-order valence-corrected chi connectivity index (χ4v) is 1.94. The van der Waals surface area contributed by atoms with Gasteiger partial charge in [0.2, 0.25) is 11.2 Å². The van der Waals surface area contributed by atoms with Crippen molar-refractivity contribution in [2.24, 2.45) is 0 Å². The number of benzene rings is 2. The Bertz CT molecular complexity index is 647. The fraction of sp³-hybridized carbons (Fsp3) is 0.0714. The Balaban J connectivity index is 0.00000180. The molecular formula is C14H10BrClN2O. The third-order valence-electron chi connectivity index (χ3n) is 2.61. The SMILES string of the molecule is Cc1ccc([N+]#N)c(C(=O)c2ccc(Br)cc2)c1.[Cl-]. The summed E-state index contributed by atoms with van der Waals surface area (Å²) in [5.41, 5.74) is 2.20. The van der Waals surface area contributed by atoms with Gasteiger partial charge in [-0.3, -0.25) is 4.79 Å². The quantitative estimate of drug-likeness (QED) is 0.615. The van der Waals surface area contributed by atoms with Gasteiger partial charge in [0, 0.05) is 16.1 Å². The van der Waals surface area contributed by atoms with Crippen molar-refractivity contribution in [3.8, 4) is 0 Å². The molecule has 0 aliphatic heterocycles. The van der Waals surface area contributed by atoms with Crippen LogP contribution >= 0.6 is 15.9 Å². The van der Waals surface area contributed by atoms with E-state index >= 15 is 0 Å². The molecule has 5 heteroatoms. The molecule has 2 aromatic carbocycles. The van der Waals surface area contributed by atoms with Crippen molar-refractivity contribution in [3.05, 3.63) is 68.6 Å². The van der Waals surface area contributed by atoms with E-state index in [0.717, 1.165) is 10.0 Å². The minimum Gasteiger partial charge on any atom is -1.00 e. The van der Waals surface area contributed by atoms with Crippen LogP contribution in [0.2, 0.25) is 0 Å². The van der Waals surface area contributed by atoms with Crippen LogP contribution in [0.4, 0.5) is 5.69 Å². The molecule has 0 saturated carbocycles. The molecule has 0 amide bonds. The van der Waals surface area contributed by atoms with Gasteiger partial charge in [0.05, 0.1) is 0 Å². The van der Waals surface area contributed by atoms with Gasteiger partial charge in [-0.15, -0.1) is 0 Å². The van der Waals surface area contributed by atoms with Crippen LogP contribution in [0.15, 0.2) is 46.9 Å². The van der Waals surface area contributed by atoms with Gasteiger partial charge in [-0.2, -0.15) is 0 Å². The molecule has 2 rings (SSSR count). The zero-order chi connectivity index (χ0) is 13.1. The van der Waals surface area contributed by atoms with E-state index in [0.29, 0.717) is 11.1 Å². The number of ketones is 1. The third-order valence-corrected chi connectivity index (χ3v) is 3.14. The monoisotopic (exact) mass is 336 g/mol. The van der Waals surface area contributed by atoms with Gasteiger partial charge in [0.15, 0.2) is 4.98 Å². The largest absolute Gasteiger partial charge is 1.00 e. The van der Waals surface area contributed by atoms with Crippen molar-refractivity contribution < 1.29 is 17.2 Å². The number of rotatable bonds is 2. The van der Waals surface area contributed by atoms with E-state index in [-0.39, 0.29) is 23.9 Å². The number of aryl methyl sites for hydroxylation is 1. The first kappa shape index (κ1) is 15.4. The highest BCUT2D eigenvalue weighted by Gasteiger charge is 2.21. The van der Waals surface area contributed by atoms with Gasteiger partial charge in [0.25, 0.3) is 0 Å². The van der Waals surface area contributed by atoms with E-state index in [1.54, 1.807) is 42.5 Å². The zero-order valence-electron chi connectivity index (χ0n) is 10.1. The van der Waals surface area contributed by atoms with Crippen molar-refractivity contribution in [2.75, 3.05) is 0 Å². The molecule has 19 heavy (non-hydrogen) atoms. The van der Waals surface area contributed by atoms with Gasteiger partial charge >= 0.3 is 5.69 Å². The lowest BCUT2D eigenvalue weighted by Crippen LogP contribution is -3.00. The van der Waals surface area contributed by atoms with Crippen LogP contribution in [-0.4, -0.2) is 5.78 Å². The maximum Gasteiger partial charge on any atom is 0.396 e. The lowest BCUT2D eigenvalue weighted by atomic mass is 10.00. The number of nitrogens with zero attached hydrogens (tertiary/aromatic N) is 2. The third kappa shape index (κ3) is 3.40. The van der Waals surface area contributed by atoms with Crippen LogP contribution in [0.25, 0.3) is 4.98 Å². The highest BCUT2D eigenvalue weighted by molar-refractivity contribution is 9.10. The Labute approximate surface area is 125 Å². The molecule has 0 fully saturated rings. The Morgan fingerprint density at radius 2 is 1.79 bits per heavy atom. The van der Waals surface area contributed by atoms with Crippen LogP contribution in [0, 0.1) is 12.3 Å². The topological polar surface area (TPSA) is 45.2 Å². The number of hydrogen-bond acceptors (Lipinski definition) is 2. The van der Waals surface area contributed by atoms with Crippen molar-refractivity contribution in [1.29, 1.82) is 5.39 Å². The number of halogens is 2. The van der Waals surface area contributed by atoms with Gasteiger partial charge in [-0.1, -0.05) is 22.0 Å². The summed E-state index contributed by atoms with van der Waals surface area (Å²) < 4.78 is 0.912. The van der Waals surface area contributed by atoms with Gasteiger partial charge in [0.1, 0.15) is 5.56 Å². The van der Waals surface area contributed by atoms with Crippen molar-refractivity contribution in [3.63, 3.8) is 0 Å². The molecule has 0 aromatic heterocycles. The van der Waals surface area contributed by atoms with Gasteiger partial charge < -0.3 is 12.4 Å². The second-order valence-electron chi connectivity index (χ2n) is 3.96. The van der Waals surface area contributed by atoms with E-state index in [9.17, 15) is 4.79 Å². The summed E-state index contributed by atoms with van der Waals surface area (Å²) >= 11 is 3.32. The molecule has 0 bridgehead atoms. The minimum atomic E-state index is -0.154. The first-order valence-electron chi connectivity index (χ1n) is 5.38. The summed E-state index contributed by atoms with van der Waals surface area (Å²) in [7, 11) is 0. The number of carbonyl (C=O) groups excluding carboxylic acids is 1. The highest BCUT2D eigenvalue weighted by atomic mass is 79.9. The normalized spacial score (nSPS) is 9.32. The summed E-state index contributed by atoms with van der Waals surface area (Å²) in [5, 5.41) is 8.91. The van der Waals surface area contributed by atoms with E-state index in [1.165, 1.54) is 0 Å². The average Bonchev–Trinajstić information content (AvgIpc) is 2.39. The minimum absolute atomic E-state index is 0. The number of hydrogen-bond donors (Lipinski definition) is 0. The number of carbonyl (C=O) groups is 1. The lowest BCUT2D eigenvalue weighted by molar-refractivity contribution is -0.0000110. The summed E-state index contributed by atoms with van der Waals surface area (Å²) in [6.07, 6.45) is 0. The summed E-state index contributed by atoms with van der Waals surface area (Å²) in [5.74, 6) is -0.154. The van der Waals surface area contributed by atoms with Crippen molar-refractivity contribution in [1.82, 2.24) is 0 Å². The molecule has 0 aliphatic carbocycles. The molecule has 0 aliphatic rings. The van der Waals surface area contributed by atoms with E-state index in [2.05, 4.69) is 20.9 Å². The number of diazo groups is 1. The lowest BCUT2D eigenvalue weighted by Gasteiger charge is -2.00. The van der Waals surface area contributed by atoms with E-state index in [4.69, 9.17) is 5.39 Å². The Morgan fingerprint density at radius 3 is 2.37 bits per heavy atom. The molecule has 0 saturated heterocycles. The van der Waals surface area contributed by atoms with Gasteiger partial charge in [-0.05, 0) is 42.8 Å². The zero-order valence-corrected chi connectivity index (χ0v) is 12.4. The first-order chi connectivity index (χ1) is 8.61. The van der Waals surface area contributed by atoms with Crippen LogP contribution in [-0.2, 0) is 0 Å². The second-order valence-corrected chi connectivity index (χ2v) is 4.87. The molecule has 0 heterocycles. The maximum atomic E-state index is 12.3. The van der Waals surface area contributed by atoms with E-state index < -0.39 is 0 Å². The fourth-order valence-electron chi connectivity index (χ4n) is 1.68. The molecule has 3 nitrogen and oxygen atoms in total. The van der Waals surface area contributed by atoms with Crippen LogP contribution < -0.4 is 12.4 Å². The predicted molar refractivity (Wildman–Crippen MR) is 73.5 cm³/mol. The molecular weight excluding hydrogens is 328 g/mol. The molecule has 96 valence electrons. The second kappa shape index (κ2) is 6.46. The van der Waals surface area contributed by atoms with E-state index in [1.807, 2.05) is 6.92 Å². The highest BCUT2D eigenvalue weighted by Crippen LogP contribution is 2.24. The van der Waals surface area contributed by atoms with Crippen LogP contribution in [0.5, 0.6) is 0 Å². The molecule has 0 radical (unpaired) electrons. The first-order valence-corrected chi connectivity index (χ1v) is 6.17. The molecule has 2 aromatic rings. The van der Waals surface area contributed by atoms with Crippen molar-refractivity contribution in [2.45, 2.75) is 6.92 Å². The average molecular weight is 338 g/mol. The summed E-state index contributed by atoms with van der Waals surface area (Å²) in [4.78, 5) is 15.4. The molecule has 0 atom stereocenters. The molecule has 0 N–H and O–H groups in total. The standard InChI is InChI=1S/C14H10BrN2O.ClH/c1-9-2-7-13(17-16)12(8-9)14(18)10-3-5-11(15)6-4-10;/h2-8H,1H3;1H/q+1;/p-1. The Morgan fingerprint density at radius 1 is 1.16 bits per heavy atom. The van der Waals surface area contributed by atoms with Gasteiger partial charge in [-0.25, -0.2) is 0 Å². The molecule has 0 spiro atoms. The molecule has 0 unspecified atom stereocenters. The summed E-state index contributed by atoms with van der Waals surface area (Å²) in [6, 6.07) is 12.2. The predicted octanol–water partition coefficient (Wildman–Crippen LogP) is 1.48. The van der Waals surface area contributed by atoms with Crippen molar-refractivity contribution >= 4 is 27.4 Å². The smallest absolute Gasteiger partial charge is 0.396 e.